The fourth-order valence-corrected chi connectivity index (χ4v) is 3.03. The summed E-state index contributed by atoms with van der Waals surface area (Å²) in [5.41, 5.74) is 1.48. The van der Waals surface area contributed by atoms with E-state index in [0.29, 0.717) is 12.4 Å². The molecule has 3 rings (SSSR count). The molecule has 28 heavy (non-hydrogen) atoms. The topological polar surface area (TPSA) is 78.2 Å². The van der Waals surface area contributed by atoms with Gasteiger partial charge in [-0.05, 0) is 43.7 Å². The van der Waals surface area contributed by atoms with E-state index in [4.69, 9.17) is 4.74 Å². The molecular formula is C21H24N4O3. The van der Waals surface area contributed by atoms with Gasteiger partial charge in [-0.25, -0.2) is 9.48 Å². The van der Waals surface area contributed by atoms with Gasteiger partial charge in [-0.2, -0.15) is 0 Å². The van der Waals surface area contributed by atoms with Crippen LogP contribution in [0.15, 0.2) is 59.4 Å². The Morgan fingerprint density at radius 3 is 2.43 bits per heavy atom. The van der Waals surface area contributed by atoms with Crippen molar-refractivity contribution in [1.82, 2.24) is 19.7 Å². The van der Waals surface area contributed by atoms with Crippen molar-refractivity contribution in [3.8, 4) is 17.1 Å². The van der Waals surface area contributed by atoms with Gasteiger partial charge >= 0.3 is 5.69 Å². The van der Waals surface area contributed by atoms with E-state index in [1.54, 1.807) is 11.7 Å². The Morgan fingerprint density at radius 1 is 1.14 bits per heavy atom. The van der Waals surface area contributed by atoms with E-state index in [0.717, 1.165) is 16.9 Å². The van der Waals surface area contributed by atoms with Gasteiger partial charge in [0.15, 0.2) is 5.82 Å². The third-order valence-corrected chi connectivity index (χ3v) is 4.56. The van der Waals surface area contributed by atoms with Gasteiger partial charge in [0.05, 0.1) is 13.2 Å². The average Bonchev–Trinajstić information content (AvgIpc) is 3.03. The van der Waals surface area contributed by atoms with Gasteiger partial charge in [-0.15, -0.1) is 5.10 Å². The van der Waals surface area contributed by atoms with E-state index in [9.17, 15) is 9.59 Å². The summed E-state index contributed by atoms with van der Waals surface area (Å²) in [6.07, 6.45) is 0. The van der Waals surface area contributed by atoms with Crippen LogP contribution < -0.4 is 15.7 Å². The Balaban J connectivity index is 1.79. The minimum absolute atomic E-state index is 0.133. The van der Waals surface area contributed by atoms with Gasteiger partial charge in [0.25, 0.3) is 0 Å². The zero-order chi connectivity index (χ0) is 20.1. The summed E-state index contributed by atoms with van der Waals surface area (Å²) >= 11 is 0. The lowest BCUT2D eigenvalue weighted by atomic mass is 10.1. The Hall–Kier alpha value is -3.35. The van der Waals surface area contributed by atoms with Crippen molar-refractivity contribution in [2.24, 2.45) is 0 Å². The molecule has 1 N–H and O–H groups in total. The molecule has 0 bridgehead atoms. The SMILES string of the molecule is CCn1c(-c2ccc(OC)cc2)nn(CC(=O)N[C@@H](C)c2ccccc2)c1=O. The molecule has 0 saturated heterocycles. The van der Waals surface area contributed by atoms with Crippen LogP contribution in [0.4, 0.5) is 0 Å². The van der Waals surface area contributed by atoms with Gasteiger partial charge in [-0.3, -0.25) is 9.36 Å². The van der Waals surface area contributed by atoms with Crippen molar-refractivity contribution in [2.75, 3.05) is 7.11 Å². The standard InChI is InChI=1S/C21H24N4O3/c1-4-24-20(17-10-12-18(28-3)13-11-17)23-25(21(24)27)14-19(26)22-15(2)16-8-6-5-7-9-16/h5-13,15H,4,14H2,1-3H3,(H,22,26)/t15-/m0/s1. The number of carbonyl (C=O) groups is 1. The molecule has 146 valence electrons. The number of nitrogens with zero attached hydrogens (tertiary/aromatic N) is 3. The summed E-state index contributed by atoms with van der Waals surface area (Å²) in [5.74, 6) is 0.988. The number of carbonyl (C=O) groups excluding carboxylic acids is 1. The molecule has 1 amide bonds. The number of aromatic nitrogens is 3. The molecule has 0 radical (unpaired) electrons. The molecule has 0 unspecified atom stereocenters. The summed E-state index contributed by atoms with van der Waals surface area (Å²) in [7, 11) is 1.60. The molecule has 1 heterocycles. The van der Waals surface area contributed by atoms with E-state index in [2.05, 4.69) is 10.4 Å². The molecule has 0 aliphatic rings. The van der Waals surface area contributed by atoms with Crippen molar-refractivity contribution in [3.63, 3.8) is 0 Å². The van der Waals surface area contributed by atoms with Crippen LogP contribution >= 0.6 is 0 Å². The number of methoxy groups -OCH3 is 1. The van der Waals surface area contributed by atoms with Crippen LogP contribution in [0, 0.1) is 0 Å². The summed E-state index contributed by atoms with van der Waals surface area (Å²) < 4.78 is 7.93. The molecule has 2 aromatic carbocycles. The number of hydrogen-bond donors (Lipinski definition) is 1. The molecule has 0 aliphatic carbocycles. The quantitative estimate of drug-likeness (QED) is 0.683. The number of benzene rings is 2. The summed E-state index contributed by atoms with van der Waals surface area (Å²) in [4.78, 5) is 25.1. The fourth-order valence-electron chi connectivity index (χ4n) is 3.03. The molecule has 0 aliphatic heterocycles. The maximum absolute atomic E-state index is 12.7. The first-order valence-corrected chi connectivity index (χ1v) is 9.19. The van der Waals surface area contributed by atoms with E-state index >= 15 is 0 Å². The van der Waals surface area contributed by atoms with Crippen LogP contribution in [0.1, 0.15) is 25.5 Å². The number of amides is 1. The van der Waals surface area contributed by atoms with Crippen LogP contribution in [0.2, 0.25) is 0 Å². The second-order valence-electron chi connectivity index (χ2n) is 6.44. The van der Waals surface area contributed by atoms with Crippen molar-refractivity contribution in [3.05, 3.63) is 70.6 Å². The van der Waals surface area contributed by atoms with Crippen LogP contribution in [0.3, 0.4) is 0 Å². The normalized spacial score (nSPS) is 11.8. The Kier molecular flexibility index (Phi) is 5.93. The van der Waals surface area contributed by atoms with Crippen LogP contribution in [-0.4, -0.2) is 27.4 Å². The number of nitrogens with one attached hydrogen (secondary N) is 1. The lowest BCUT2D eigenvalue weighted by Gasteiger charge is -2.13. The lowest BCUT2D eigenvalue weighted by molar-refractivity contribution is -0.122. The molecule has 3 aromatic rings. The zero-order valence-electron chi connectivity index (χ0n) is 16.3. The second-order valence-corrected chi connectivity index (χ2v) is 6.44. The Labute approximate surface area is 163 Å². The predicted molar refractivity (Wildman–Crippen MR) is 107 cm³/mol. The molecule has 1 aromatic heterocycles. The Bertz CT molecular complexity index is 991. The third-order valence-electron chi connectivity index (χ3n) is 4.56. The average molecular weight is 380 g/mol. The molecule has 7 heteroatoms. The summed E-state index contributed by atoms with van der Waals surface area (Å²) in [5, 5.41) is 7.30. The van der Waals surface area contributed by atoms with Gasteiger partial charge in [0.1, 0.15) is 12.3 Å². The largest absolute Gasteiger partial charge is 0.497 e. The zero-order valence-corrected chi connectivity index (χ0v) is 16.3. The van der Waals surface area contributed by atoms with Gasteiger partial charge in [-0.1, -0.05) is 30.3 Å². The second kappa shape index (κ2) is 8.56. The van der Waals surface area contributed by atoms with E-state index in [1.165, 1.54) is 4.68 Å². The number of hydrogen-bond acceptors (Lipinski definition) is 4. The molecule has 1 atom stereocenters. The smallest absolute Gasteiger partial charge is 0.346 e. The van der Waals surface area contributed by atoms with E-state index in [-0.39, 0.29) is 24.2 Å². The first kappa shape index (κ1) is 19.4. The van der Waals surface area contributed by atoms with E-state index < -0.39 is 0 Å². The summed E-state index contributed by atoms with van der Waals surface area (Å²) in [6, 6.07) is 16.8. The molecular weight excluding hydrogens is 356 g/mol. The maximum Gasteiger partial charge on any atom is 0.346 e. The highest BCUT2D eigenvalue weighted by molar-refractivity contribution is 5.76. The highest BCUT2D eigenvalue weighted by atomic mass is 16.5. The lowest BCUT2D eigenvalue weighted by Crippen LogP contribution is -2.34. The van der Waals surface area contributed by atoms with Gasteiger partial charge in [0, 0.05) is 12.1 Å². The number of rotatable bonds is 7. The van der Waals surface area contributed by atoms with Crippen LogP contribution in [0.25, 0.3) is 11.4 Å². The van der Waals surface area contributed by atoms with Crippen molar-refractivity contribution < 1.29 is 9.53 Å². The molecule has 0 spiro atoms. The van der Waals surface area contributed by atoms with E-state index in [1.807, 2.05) is 68.4 Å². The van der Waals surface area contributed by atoms with Crippen molar-refractivity contribution in [2.45, 2.75) is 33.0 Å². The minimum atomic E-state index is -0.309. The fraction of sp³-hybridized carbons (Fsp3) is 0.286. The first-order chi connectivity index (χ1) is 13.5. The Morgan fingerprint density at radius 2 is 1.82 bits per heavy atom. The summed E-state index contributed by atoms with van der Waals surface area (Å²) in [6.45, 7) is 4.11. The minimum Gasteiger partial charge on any atom is -0.497 e. The highest BCUT2D eigenvalue weighted by Crippen LogP contribution is 2.20. The first-order valence-electron chi connectivity index (χ1n) is 9.19. The molecule has 0 fully saturated rings. The van der Waals surface area contributed by atoms with Crippen LogP contribution in [-0.2, 0) is 17.9 Å². The third kappa shape index (κ3) is 4.14. The van der Waals surface area contributed by atoms with Gasteiger partial charge in [0.2, 0.25) is 5.91 Å². The van der Waals surface area contributed by atoms with Crippen LogP contribution in [0.5, 0.6) is 5.75 Å². The number of ether oxygens (including phenoxy) is 1. The maximum atomic E-state index is 12.7. The van der Waals surface area contributed by atoms with Crippen molar-refractivity contribution in [1.29, 1.82) is 0 Å². The molecule has 7 nitrogen and oxygen atoms in total. The predicted octanol–water partition coefficient (Wildman–Crippen LogP) is 2.62. The molecule has 0 saturated carbocycles. The monoisotopic (exact) mass is 380 g/mol. The van der Waals surface area contributed by atoms with Crippen molar-refractivity contribution >= 4 is 5.91 Å². The highest BCUT2D eigenvalue weighted by Gasteiger charge is 2.17. The van der Waals surface area contributed by atoms with Gasteiger partial charge < -0.3 is 10.1 Å².